The van der Waals surface area contributed by atoms with Crippen LogP contribution < -0.4 is 10.9 Å². The molecule has 1 heterocycles. The highest BCUT2D eigenvalue weighted by Crippen LogP contribution is 2.23. The molecule has 2 N–H and O–H groups in total. The Morgan fingerprint density at radius 2 is 1.81 bits per heavy atom. The molecule has 0 aliphatic heterocycles. The van der Waals surface area contributed by atoms with Crippen LogP contribution in [0, 0.1) is 6.92 Å². The van der Waals surface area contributed by atoms with E-state index in [9.17, 15) is 4.79 Å². The van der Waals surface area contributed by atoms with E-state index in [1.54, 1.807) is 6.07 Å². The van der Waals surface area contributed by atoms with Gasteiger partial charge >= 0.3 is 0 Å². The molecule has 4 heteroatoms. The van der Waals surface area contributed by atoms with E-state index in [-0.39, 0.29) is 11.5 Å². The molecule has 0 saturated carbocycles. The minimum Gasteiger partial charge on any atom is -0.326 e. The molecule has 21 heavy (non-hydrogen) atoms. The van der Waals surface area contributed by atoms with Crippen molar-refractivity contribution in [2.75, 3.05) is 5.32 Å². The molecule has 2 rings (SSSR count). The highest BCUT2D eigenvalue weighted by molar-refractivity contribution is 5.56. The van der Waals surface area contributed by atoms with E-state index >= 15 is 0 Å². The van der Waals surface area contributed by atoms with E-state index in [4.69, 9.17) is 0 Å². The van der Waals surface area contributed by atoms with E-state index in [1.807, 2.05) is 19.9 Å². The molecule has 4 nitrogen and oxygen atoms in total. The zero-order valence-corrected chi connectivity index (χ0v) is 13.3. The van der Waals surface area contributed by atoms with Gasteiger partial charge in [-0.05, 0) is 42.0 Å². The van der Waals surface area contributed by atoms with Crippen molar-refractivity contribution >= 4 is 11.6 Å². The number of rotatable bonds is 4. The lowest BCUT2D eigenvalue weighted by atomic mass is 9.98. The normalized spacial score (nSPS) is 11.2. The first-order chi connectivity index (χ1) is 9.86. The fraction of sp³-hybridized carbons (Fsp3) is 0.412. The Morgan fingerprint density at radius 3 is 2.38 bits per heavy atom. The van der Waals surface area contributed by atoms with Gasteiger partial charge in [0.25, 0.3) is 5.56 Å². The Hall–Kier alpha value is -2.10. The van der Waals surface area contributed by atoms with Crippen molar-refractivity contribution < 1.29 is 0 Å². The molecule has 0 spiro atoms. The lowest BCUT2D eigenvalue weighted by molar-refractivity contribution is 0.812. The number of aryl methyl sites for hydroxylation is 1. The van der Waals surface area contributed by atoms with Crippen LogP contribution in [0.1, 0.15) is 56.4 Å². The molecule has 0 radical (unpaired) electrons. The van der Waals surface area contributed by atoms with Crippen LogP contribution in [0.25, 0.3) is 0 Å². The van der Waals surface area contributed by atoms with Crippen LogP contribution in [0.2, 0.25) is 0 Å². The molecule has 2 aromatic rings. The van der Waals surface area contributed by atoms with Crippen molar-refractivity contribution in [2.45, 2.75) is 46.5 Å². The minimum absolute atomic E-state index is 0.133. The van der Waals surface area contributed by atoms with Gasteiger partial charge in [-0.1, -0.05) is 33.8 Å². The van der Waals surface area contributed by atoms with Gasteiger partial charge in [0.15, 0.2) is 0 Å². The molecule has 0 amide bonds. The van der Waals surface area contributed by atoms with Crippen LogP contribution >= 0.6 is 0 Å². The van der Waals surface area contributed by atoms with E-state index < -0.39 is 0 Å². The third-order valence-corrected chi connectivity index (χ3v) is 3.51. The summed E-state index contributed by atoms with van der Waals surface area (Å²) in [5, 5.41) is 3.18. The number of nitrogens with one attached hydrogen (secondary N) is 2. The average molecular weight is 285 g/mol. The summed E-state index contributed by atoms with van der Waals surface area (Å²) in [6.45, 7) is 10.5. The highest BCUT2D eigenvalue weighted by Gasteiger charge is 2.07. The van der Waals surface area contributed by atoms with E-state index in [2.05, 4.69) is 48.2 Å². The summed E-state index contributed by atoms with van der Waals surface area (Å²) >= 11 is 0. The topological polar surface area (TPSA) is 57.8 Å². The van der Waals surface area contributed by atoms with Crippen molar-refractivity contribution in [3.63, 3.8) is 0 Å². The Bertz CT molecular complexity index is 687. The van der Waals surface area contributed by atoms with Crippen molar-refractivity contribution in [1.29, 1.82) is 0 Å². The number of nitrogens with zero attached hydrogens (tertiary/aromatic N) is 1. The second kappa shape index (κ2) is 6.12. The summed E-state index contributed by atoms with van der Waals surface area (Å²) in [4.78, 5) is 18.9. The van der Waals surface area contributed by atoms with Crippen molar-refractivity contribution in [1.82, 2.24) is 9.97 Å². The molecule has 0 bridgehead atoms. The van der Waals surface area contributed by atoms with Crippen LogP contribution in [0.3, 0.4) is 0 Å². The smallest absolute Gasteiger partial charge is 0.252 e. The van der Waals surface area contributed by atoms with Gasteiger partial charge in [0.05, 0.1) is 5.69 Å². The number of aromatic amines is 1. The summed E-state index contributed by atoms with van der Waals surface area (Å²) in [7, 11) is 0. The first kappa shape index (κ1) is 15.3. The maximum atomic E-state index is 11.7. The number of hydrogen-bond acceptors (Lipinski definition) is 3. The van der Waals surface area contributed by atoms with Crippen molar-refractivity contribution in [3.05, 3.63) is 51.4 Å². The van der Waals surface area contributed by atoms with Crippen LogP contribution in [0.4, 0.5) is 11.6 Å². The van der Waals surface area contributed by atoms with Gasteiger partial charge in [-0.15, -0.1) is 0 Å². The second-order valence-corrected chi connectivity index (χ2v) is 6.02. The highest BCUT2D eigenvalue weighted by atomic mass is 16.1. The van der Waals surface area contributed by atoms with Crippen molar-refractivity contribution in [3.8, 4) is 0 Å². The third-order valence-electron chi connectivity index (χ3n) is 3.51. The SMILES string of the molecule is Cc1cc(Nc2nc(C(C)C)cc(=O)[nH]2)ccc1C(C)C. The number of hydrogen-bond donors (Lipinski definition) is 2. The maximum absolute atomic E-state index is 11.7. The van der Waals surface area contributed by atoms with Crippen LogP contribution in [-0.4, -0.2) is 9.97 Å². The van der Waals surface area contributed by atoms with Crippen molar-refractivity contribution in [2.24, 2.45) is 0 Å². The van der Waals surface area contributed by atoms with Crippen LogP contribution in [0.15, 0.2) is 29.1 Å². The first-order valence-electron chi connectivity index (χ1n) is 7.35. The summed E-state index contributed by atoms with van der Waals surface area (Å²) < 4.78 is 0. The fourth-order valence-electron chi connectivity index (χ4n) is 2.37. The molecular formula is C17H23N3O. The molecule has 0 saturated heterocycles. The Morgan fingerprint density at radius 1 is 1.10 bits per heavy atom. The quantitative estimate of drug-likeness (QED) is 0.890. The zero-order valence-electron chi connectivity index (χ0n) is 13.3. The molecule has 0 aliphatic rings. The standard InChI is InChI=1S/C17H23N3O/c1-10(2)14-7-6-13(8-12(14)5)18-17-19-15(11(3)4)9-16(21)20-17/h6-11H,1-5H3,(H2,18,19,20,21). The molecule has 0 fully saturated rings. The third kappa shape index (κ3) is 3.72. The lowest BCUT2D eigenvalue weighted by Gasteiger charge is -2.13. The van der Waals surface area contributed by atoms with E-state index in [1.165, 1.54) is 11.1 Å². The lowest BCUT2D eigenvalue weighted by Crippen LogP contribution is -2.12. The van der Waals surface area contributed by atoms with Gasteiger partial charge in [-0.25, -0.2) is 4.98 Å². The van der Waals surface area contributed by atoms with Gasteiger partial charge in [-0.3, -0.25) is 9.78 Å². The summed E-state index contributed by atoms with van der Waals surface area (Å²) in [5.41, 5.74) is 4.15. The Balaban J connectivity index is 2.30. The molecule has 112 valence electrons. The van der Waals surface area contributed by atoms with E-state index in [0.717, 1.165) is 11.4 Å². The molecule has 0 unspecified atom stereocenters. The average Bonchev–Trinajstić information content (AvgIpc) is 2.37. The predicted molar refractivity (Wildman–Crippen MR) is 87.5 cm³/mol. The largest absolute Gasteiger partial charge is 0.326 e. The van der Waals surface area contributed by atoms with Gasteiger partial charge in [0.2, 0.25) is 5.95 Å². The zero-order chi connectivity index (χ0) is 15.6. The van der Waals surface area contributed by atoms with E-state index in [0.29, 0.717) is 11.9 Å². The molecule has 1 aromatic carbocycles. The number of H-pyrrole nitrogens is 1. The van der Waals surface area contributed by atoms with Crippen LogP contribution in [0.5, 0.6) is 0 Å². The predicted octanol–water partition coefficient (Wildman–Crippen LogP) is 4.07. The molecule has 0 atom stereocenters. The molecular weight excluding hydrogens is 262 g/mol. The van der Waals surface area contributed by atoms with Gasteiger partial charge in [0, 0.05) is 11.8 Å². The van der Waals surface area contributed by atoms with Crippen LogP contribution in [-0.2, 0) is 0 Å². The molecule has 1 aromatic heterocycles. The fourth-order valence-corrected chi connectivity index (χ4v) is 2.37. The monoisotopic (exact) mass is 285 g/mol. The number of aromatic nitrogens is 2. The Labute approximate surface area is 125 Å². The number of benzene rings is 1. The maximum Gasteiger partial charge on any atom is 0.252 e. The Kier molecular flexibility index (Phi) is 4.46. The van der Waals surface area contributed by atoms with Gasteiger partial charge in [0.1, 0.15) is 0 Å². The minimum atomic E-state index is -0.133. The second-order valence-electron chi connectivity index (χ2n) is 6.02. The first-order valence-corrected chi connectivity index (χ1v) is 7.35. The summed E-state index contributed by atoms with van der Waals surface area (Å²) in [5.74, 6) is 1.21. The molecule has 0 aliphatic carbocycles. The van der Waals surface area contributed by atoms with Gasteiger partial charge < -0.3 is 5.32 Å². The summed E-state index contributed by atoms with van der Waals surface area (Å²) in [6.07, 6.45) is 0. The summed E-state index contributed by atoms with van der Waals surface area (Å²) in [6, 6.07) is 7.76. The number of anilines is 2. The van der Waals surface area contributed by atoms with Gasteiger partial charge in [-0.2, -0.15) is 0 Å².